The standard InChI is InChI=1S/C11H23N3O2S/c1-11(4-5-12-8-11)9-14-6-3-10(7-14)13-17(2,15)16/h10,12-13H,3-9H2,1-2H3. The molecular weight excluding hydrogens is 238 g/mol. The Hall–Kier alpha value is -0.170. The minimum atomic E-state index is -3.06. The molecule has 2 aliphatic rings. The van der Waals surface area contributed by atoms with Gasteiger partial charge in [-0.25, -0.2) is 13.1 Å². The molecule has 2 saturated heterocycles. The van der Waals surface area contributed by atoms with Crippen molar-refractivity contribution in [2.75, 3.05) is 39.0 Å². The molecule has 2 atom stereocenters. The van der Waals surface area contributed by atoms with Gasteiger partial charge in [-0.3, -0.25) is 0 Å². The fourth-order valence-electron chi connectivity index (χ4n) is 2.92. The number of nitrogens with one attached hydrogen (secondary N) is 2. The molecule has 0 saturated carbocycles. The van der Waals surface area contributed by atoms with Crippen molar-refractivity contribution in [1.29, 1.82) is 0 Å². The summed E-state index contributed by atoms with van der Waals surface area (Å²) in [4.78, 5) is 2.38. The monoisotopic (exact) mass is 261 g/mol. The van der Waals surface area contributed by atoms with Crippen molar-refractivity contribution in [2.24, 2.45) is 5.41 Å². The molecule has 2 aliphatic heterocycles. The fraction of sp³-hybridized carbons (Fsp3) is 1.00. The number of hydrogen-bond acceptors (Lipinski definition) is 4. The van der Waals surface area contributed by atoms with Crippen molar-refractivity contribution in [3.05, 3.63) is 0 Å². The van der Waals surface area contributed by atoms with Gasteiger partial charge < -0.3 is 10.2 Å². The number of nitrogens with zero attached hydrogens (tertiary/aromatic N) is 1. The highest BCUT2D eigenvalue weighted by Crippen LogP contribution is 2.27. The number of sulfonamides is 1. The lowest BCUT2D eigenvalue weighted by Crippen LogP contribution is -2.40. The van der Waals surface area contributed by atoms with Crippen molar-refractivity contribution < 1.29 is 8.42 Å². The van der Waals surface area contributed by atoms with E-state index in [1.165, 1.54) is 12.7 Å². The Bertz CT molecular complexity index is 363. The van der Waals surface area contributed by atoms with Gasteiger partial charge in [0.1, 0.15) is 0 Å². The van der Waals surface area contributed by atoms with E-state index in [0.29, 0.717) is 5.41 Å². The van der Waals surface area contributed by atoms with Crippen LogP contribution in [0, 0.1) is 5.41 Å². The highest BCUT2D eigenvalue weighted by atomic mass is 32.2. The first kappa shape index (κ1) is 13.3. The second-order valence-corrected chi connectivity index (χ2v) is 7.63. The Morgan fingerprint density at radius 1 is 1.53 bits per heavy atom. The van der Waals surface area contributed by atoms with Crippen LogP contribution in [0.4, 0.5) is 0 Å². The van der Waals surface area contributed by atoms with Gasteiger partial charge in [-0.1, -0.05) is 6.92 Å². The third-order valence-corrected chi connectivity index (χ3v) is 4.48. The van der Waals surface area contributed by atoms with Crippen molar-refractivity contribution in [3.63, 3.8) is 0 Å². The summed E-state index contributed by atoms with van der Waals surface area (Å²) in [5.74, 6) is 0. The zero-order valence-electron chi connectivity index (χ0n) is 10.7. The van der Waals surface area contributed by atoms with Crippen molar-refractivity contribution in [3.8, 4) is 0 Å². The average Bonchev–Trinajstić information content (AvgIpc) is 2.74. The van der Waals surface area contributed by atoms with Crippen molar-refractivity contribution >= 4 is 10.0 Å². The molecule has 5 nitrogen and oxygen atoms in total. The maximum absolute atomic E-state index is 11.2. The third-order valence-electron chi connectivity index (χ3n) is 3.72. The summed E-state index contributed by atoms with van der Waals surface area (Å²) in [5, 5.41) is 3.40. The van der Waals surface area contributed by atoms with Crippen LogP contribution in [-0.2, 0) is 10.0 Å². The largest absolute Gasteiger partial charge is 0.316 e. The molecule has 2 N–H and O–H groups in total. The molecule has 17 heavy (non-hydrogen) atoms. The van der Waals surface area contributed by atoms with E-state index in [-0.39, 0.29) is 6.04 Å². The Morgan fingerprint density at radius 2 is 2.29 bits per heavy atom. The van der Waals surface area contributed by atoms with Gasteiger partial charge in [-0.05, 0) is 31.3 Å². The van der Waals surface area contributed by atoms with Crippen LogP contribution < -0.4 is 10.0 Å². The molecule has 0 spiro atoms. The van der Waals surface area contributed by atoms with E-state index in [9.17, 15) is 8.42 Å². The Kier molecular flexibility index (Phi) is 3.77. The fourth-order valence-corrected chi connectivity index (χ4v) is 3.72. The van der Waals surface area contributed by atoms with E-state index in [1.807, 2.05) is 0 Å². The van der Waals surface area contributed by atoms with Crippen LogP contribution in [0.2, 0.25) is 0 Å². The Labute approximate surface area is 104 Å². The molecule has 0 aromatic rings. The molecule has 0 radical (unpaired) electrons. The first-order valence-corrected chi connectivity index (χ1v) is 8.16. The molecule has 2 unspecified atom stereocenters. The van der Waals surface area contributed by atoms with Crippen LogP contribution in [0.5, 0.6) is 0 Å². The molecular formula is C11H23N3O2S. The summed E-state index contributed by atoms with van der Waals surface area (Å²) < 4.78 is 25.0. The van der Waals surface area contributed by atoms with E-state index in [0.717, 1.165) is 39.1 Å². The maximum Gasteiger partial charge on any atom is 0.208 e. The lowest BCUT2D eigenvalue weighted by atomic mass is 9.89. The van der Waals surface area contributed by atoms with E-state index in [2.05, 4.69) is 21.9 Å². The van der Waals surface area contributed by atoms with Gasteiger partial charge >= 0.3 is 0 Å². The Balaban J connectivity index is 1.82. The van der Waals surface area contributed by atoms with E-state index >= 15 is 0 Å². The quantitative estimate of drug-likeness (QED) is 0.723. The summed E-state index contributed by atoms with van der Waals surface area (Å²) in [6, 6.07) is 0.1000. The van der Waals surface area contributed by atoms with Crippen LogP contribution in [-0.4, -0.2) is 58.3 Å². The lowest BCUT2D eigenvalue weighted by Gasteiger charge is -2.29. The van der Waals surface area contributed by atoms with Crippen molar-refractivity contribution in [2.45, 2.75) is 25.8 Å². The first-order valence-electron chi connectivity index (χ1n) is 6.27. The molecule has 0 amide bonds. The minimum Gasteiger partial charge on any atom is -0.316 e. The molecule has 100 valence electrons. The van der Waals surface area contributed by atoms with Crippen LogP contribution in [0.3, 0.4) is 0 Å². The zero-order valence-corrected chi connectivity index (χ0v) is 11.5. The highest BCUT2D eigenvalue weighted by molar-refractivity contribution is 7.88. The summed E-state index contributed by atoms with van der Waals surface area (Å²) in [5.41, 5.74) is 0.361. The van der Waals surface area contributed by atoms with Crippen LogP contribution in [0.25, 0.3) is 0 Å². The number of likely N-dealkylation sites (tertiary alicyclic amines) is 1. The lowest BCUT2D eigenvalue weighted by molar-refractivity contribution is 0.207. The Morgan fingerprint density at radius 3 is 2.88 bits per heavy atom. The molecule has 0 aromatic carbocycles. The predicted molar refractivity (Wildman–Crippen MR) is 68.4 cm³/mol. The summed E-state index contributed by atoms with van der Waals surface area (Å²) in [6.45, 7) is 7.42. The van der Waals surface area contributed by atoms with Gasteiger partial charge in [0.25, 0.3) is 0 Å². The normalized spacial score (nSPS) is 35.5. The summed E-state index contributed by atoms with van der Waals surface area (Å²) >= 11 is 0. The molecule has 0 bridgehead atoms. The van der Waals surface area contributed by atoms with E-state index < -0.39 is 10.0 Å². The second-order valence-electron chi connectivity index (χ2n) is 5.85. The van der Waals surface area contributed by atoms with Crippen LogP contribution in [0.1, 0.15) is 19.8 Å². The van der Waals surface area contributed by atoms with Gasteiger partial charge in [-0.15, -0.1) is 0 Å². The summed E-state index contributed by atoms with van der Waals surface area (Å²) in [7, 11) is -3.06. The van der Waals surface area contributed by atoms with E-state index in [1.54, 1.807) is 0 Å². The second kappa shape index (κ2) is 4.84. The molecule has 0 aliphatic carbocycles. The average molecular weight is 261 g/mol. The van der Waals surface area contributed by atoms with Gasteiger partial charge in [0.2, 0.25) is 10.0 Å². The van der Waals surface area contributed by atoms with E-state index in [4.69, 9.17) is 0 Å². The van der Waals surface area contributed by atoms with Crippen LogP contribution >= 0.6 is 0 Å². The zero-order chi connectivity index (χ0) is 12.5. The van der Waals surface area contributed by atoms with Gasteiger partial charge in [0.15, 0.2) is 0 Å². The molecule has 2 heterocycles. The smallest absolute Gasteiger partial charge is 0.208 e. The molecule has 2 fully saturated rings. The maximum atomic E-state index is 11.2. The van der Waals surface area contributed by atoms with Crippen LogP contribution in [0.15, 0.2) is 0 Å². The molecule has 2 rings (SSSR count). The predicted octanol–water partition coefficient (Wildman–Crippen LogP) is -0.390. The number of hydrogen-bond donors (Lipinski definition) is 2. The van der Waals surface area contributed by atoms with Gasteiger partial charge in [-0.2, -0.15) is 0 Å². The van der Waals surface area contributed by atoms with Gasteiger partial charge in [0, 0.05) is 25.7 Å². The SMILES string of the molecule is CC1(CN2CCC(NS(C)(=O)=O)C2)CCNC1. The topological polar surface area (TPSA) is 61.4 Å². The molecule has 6 heteroatoms. The third kappa shape index (κ3) is 3.91. The minimum absolute atomic E-state index is 0.1000. The summed E-state index contributed by atoms with van der Waals surface area (Å²) in [6.07, 6.45) is 3.38. The van der Waals surface area contributed by atoms with Crippen molar-refractivity contribution in [1.82, 2.24) is 14.9 Å². The molecule has 0 aromatic heterocycles. The first-order chi connectivity index (χ1) is 7.86. The number of rotatable bonds is 4. The van der Waals surface area contributed by atoms with Gasteiger partial charge in [0.05, 0.1) is 6.26 Å². The highest BCUT2D eigenvalue weighted by Gasteiger charge is 2.33.